The zero-order valence-electron chi connectivity index (χ0n) is 10.7. The van der Waals surface area contributed by atoms with E-state index in [1.807, 2.05) is 0 Å². The molecular weight excluding hydrogens is 269 g/mol. The predicted molar refractivity (Wildman–Crippen MR) is 67.7 cm³/mol. The minimum absolute atomic E-state index is 0.0193. The molecule has 0 aliphatic carbocycles. The topological polar surface area (TPSA) is 29.5 Å². The lowest BCUT2D eigenvalue weighted by Crippen LogP contribution is -2.03. The van der Waals surface area contributed by atoms with Gasteiger partial charge >= 0.3 is 0 Å². The van der Waals surface area contributed by atoms with Crippen molar-refractivity contribution in [3.63, 3.8) is 0 Å². The first-order valence-corrected chi connectivity index (χ1v) is 6.01. The highest BCUT2D eigenvalue weighted by molar-refractivity contribution is 5.35. The van der Waals surface area contributed by atoms with Crippen LogP contribution in [0.1, 0.15) is 24.2 Å². The van der Waals surface area contributed by atoms with Crippen molar-refractivity contribution >= 4 is 0 Å². The van der Waals surface area contributed by atoms with Gasteiger partial charge in [0.1, 0.15) is 29.8 Å². The molecule has 20 heavy (non-hydrogen) atoms. The van der Waals surface area contributed by atoms with Crippen molar-refractivity contribution in [3.05, 3.63) is 65.0 Å². The van der Waals surface area contributed by atoms with Crippen molar-refractivity contribution in [1.82, 2.24) is 0 Å². The van der Waals surface area contributed by atoms with Gasteiger partial charge in [0, 0.05) is 17.2 Å². The lowest BCUT2D eigenvalue weighted by molar-refractivity contribution is 0.189. The highest BCUT2D eigenvalue weighted by atomic mass is 19.1. The quantitative estimate of drug-likeness (QED) is 0.925. The van der Waals surface area contributed by atoms with Crippen LogP contribution >= 0.6 is 0 Å². The number of hydrogen-bond acceptors (Lipinski definition) is 2. The summed E-state index contributed by atoms with van der Waals surface area (Å²) in [5, 5.41) is 9.55. The summed E-state index contributed by atoms with van der Waals surface area (Å²) in [5.41, 5.74) is 0.397. The van der Waals surface area contributed by atoms with Crippen LogP contribution in [0.2, 0.25) is 0 Å². The van der Waals surface area contributed by atoms with Crippen LogP contribution in [-0.2, 0) is 6.61 Å². The van der Waals surface area contributed by atoms with E-state index >= 15 is 0 Å². The van der Waals surface area contributed by atoms with Crippen LogP contribution in [0.25, 0.3) is 0 Å². The van der Waals surface area contributed by atoms with E-state index in [1.165, 1.54) is 19.1 Å². The van der Waals surface area contributed by atoms with Gasteiger partial charge in [-0.05, 0) is 37.3 Å². The average molecular weight is 282 g/mol. The minimum Gasteiger partial charge on any atom is -0.488 e. The SMILES string of the molecule is C[C@H](O)c1ccc(F)cc1OCc1cc(F)ccc1F. The Bertz CT molecular complexity index is 612. The third kappa shape index (κ3) is 3.30. The van der Waals surface area contributed by atoms with Crippen LogP contribution in [0.5, 0.6) is 5.75 Å². The largest absolute Gasteiger partial charge is 0.488 e. The maximum atomic E-state index is 13.4. The Morgan fingerprint density at radius 1 is 1.05 bits per heavy atom. The first kappa shape index (κ1) is 14.4. The highest BCUT2D eigenvalue weighted by Crippen LogP contribution is 2.27. The number of aliphatic hydroxyl groups excluding tert-OH is 1. The maximum Gasteiger partial charge on any atom is 0.130 e. The maximum absolute atomic E-state index is 13.4. The van der Waals surface area contributed by atoms with Gasteiger partial charge in [-0.2, -0.15) is 0 Å². The molecule has 0 saturated heterocycles. The van der Waals surface area contributed by atoms with Crippen molar-refractivity contribution in [2.45, 2.75) is 19.6 Å². The molecule has 0 bridgehead atoms. The molecular formula is C15H13F3O2. The average Bonchev–Trinajstić information content (AvgIpc) is 2.39. The van der Waals surface area contributed by atoms with Gasteiger partial charge in [0.2, 0.25) is 0 Å². The van der Waals surface area contributed by atoms with Gasteiger partial charge in [0.05, 0.1) is 6.10 Å². The Kier molecular flexibility index (Phi) is 4.29. The Hall–Kier alpha value is -2.01. The van der Waals surface area contributed by atoms with Gasteiger partial charge in [0.25, 0.3) is 0 Å². The summed E-state index contributed by atoms with van der Waals surface area (Å²) < 4.78 is 44.9. The van der Waals surface area contributed by atoms with Crippen LogP contribution in [0, 0.1) is 17.5 Å². The molecule has 0 amide bonds. The van der Waals surface area contributed by atoms with Crippen LogP contribution < -0.4 is 4.74 Å². The summed E-state index contributed by atoms with van der Waals surface area (Å²) in [6.07, 6.45) is -0.858. The third-order valence-corrected chi connectivity index (χ3v) is 2.82. The van der Waals surface area contributed by atoms with Crippen LogP contribution in [0.4, 0.5) is 13.2 Å². The second-order valence-electron chi connectivity index (χ2n) is 4.38. The van der Waals surface area contributed by atoms with Crippen molar-refractivity contribution in [2.75, 3.05) is 0 Å². The molecule has 0 aliphatic rings. The molecule has 0 heterocycles. The van der Waals surface area contributed by atoms with Crippen molar-refractivity contribution in [3.8, 4) is 5.75 Å². The van der Waals surface area contributed by atoms with E-state index in [1.54, 1.807) is 0 Å². The number of rotatable bonds is 4. The smallest absolute Gasteiger partial charge is 0.130 e. The van der Waals surface area contributed by atoms with Gasteiger partial charge in [-0.25, -0.2) is 13.2 Å². The lowest BCUT2D eigenvalue weighted by atomic mass is 10.1. The van der Waals surface area contributed by atoms with Crippen LogP contribution in [0.3, 0.4) is 0 Å². The monoisotopic (exact) mass is 282 g/mol. The van der Waals surface area contributed by atoms with E-state index in [0.717, 1.165) is 24.3 Å². The first-order valence-electron chi connectivity index (χ1n) is 6.01. The fourth-order valence-electron chi connectivity index (χ4n) is 1.79. The molecule has 106 valence electrons. The van der Waals surface area contributed by atoms with E-state index in [9.17, 15) is 18.3 Å². The Balaban J connectivity index is 2.22. The van der Waals surface area contributed by atoms with Gasteiger partial charge in [-0.3, -0.25) is 0 Å². The molecule has 0 aromatic heterocycles. The molecule has 2 nitrogen and oxygen atoms in total. The van der Waals surface area contributed by atoms with E-state index < -0.39 is 23.6 Å². The summed E-state index contributed by atoms with van der Waals surface area (Å²) >= 11 is 0. The number of hydrogen-bond donors (Lipinski definition) is 1. The number of benzene rings is 2. The zero-order valence-corrected chi connectivity index (χ0v) is 10.7. The fourth-order valence-corrected chi connectivity index (χ4v) is 1.79. The van der Waals surface area contributed by atoms with E-state index in [-0.39, 0.29) is 17.9 Å². The summed E-state index contributed by atoms with van der Waals surface area (Å²) in [6, 6.07) is 6.68. The zero-order chi connectivity index (χ0) is 14.7. The second kappa shape index (κ2) is 5.96. The van der Waals surface area contributed by atoms with Crippen LogP contribution in [-0.4, -0.2) is 5.11 Å². The first-order chi connectivity index (χ1) is 9.47. The standard InChI is InChI=1S/C15H13F3O2/c1-9(19)13-4-2-12(17)7-15(13)20-8-10-6-11(16)3-5-14(10)18/h2-7,9,19H,8H2,1H3/t9-/m0/s1. The summed E-state index contributed by atoms with van der Waals surface area (Å²) in [6.45, 7) is 1.25. The Labute approximate surface area is 114 Å². The number of ether oxygens (including phenoxy) is 1. The molecule has 0 saturated carbocycles. The van der Waals surface area contributed by atoms with Crippen LogP contribution in [0.15, 0.2) is 36.4 Å². The Morgan fingerprint density at radius 3 is 2.40 bits per heavy atom. The third-order valence-electron chi connectivity index (χ3n) is 2.82. The molecule has 1 N–H and O–H groups in total. The van der Waals surface area contributed by atoms with Gasteiger partial charge < -0.3 is 9.84 Å². The summed E-state index contributed by atoms with van der Waals surface area (Å²) in [5.74, 6) is -1.63. The molecule has 5 heteroatoms. The molecule has 0 radical (unpaired) electrons. The molecule has 1 atom stereocenters. The normalized spacial score (nSPS) is 12.2. The number of halogens is 3. The highest BCUT2D eigenvalue weighted by Gasteiger charge is 2.12. The van der Waals surface area contributed by atoms with Gasteiger partial charge in [-0.15, -0.1) is 0 Å². The van der Waals surface area contributed by atoms with Crippen molar-refractivity contribution in [1.29, 1.82) is 0 Å². The molecule has 0 fully saturated rings. The lowest BCUT2D eigenvalue weighted by Gasteiger charge is -2.14. The van der Waals surface area contributed by atoms with E-state index in [2.05, 4.69) is 0 Å². The predicted octanol–water partition coefficient (Wildman–Crippen LogP) is 3.74. The fraction of sp³-hybridized carbons (Fsp3) is 0.200. The molecule has 0 spiro atoms. The van der Waals surface area contributed by atoms with E-state index in [0.29, 0.717) is 5.56 Å². The molecule has 0 unspecified atom stereocenters. The molecule has 2 aromatic rings. The molecule has 2 rings (SSSR count). The molecule has 2 aromatic carbocycles. The Morgan fingerprint density at radius 2 is 1.70 bits per heavy atom. The molecule has 0 aliphatic heterocycles. The van der Waals surface area contributed by atoms with E-state index in [4.69, 9.17) is 4.74 Å². The number of aliphatic hydroxyl groups is 1. The summed E-state index contributed by atoms with van der Waals surface area (Å²) in [4.78, 5) is 0. The summed E-state index contributed by atoms with van der Waals surface area (Å²) in [7, 11) is 0. The second-order valence-corrected chi connectivity index (χ2v) is 4.38. The van der Waals surface area contributed by atoms with Crippen molar-refractivity contribution in [2.24, 2.45) is 0 Å². The van der Waals surface area contributed by atoms with Gasteiger partial charge in [-0.1, -0.05) is 0 Å². The van der Waals surface area contributed by atoms with Crippen molar-refractivity contribution < 1.29 is 23.0 Å². The van der Waals surface area contributed by atoms with Gasteiger partial charge in [0.15, 0.2) is 0 Å². The minimum atomic E-state index is -0.858.